The molecule has 0 spiro atoms. The van der Waals surface area contributed by atoms with Crippen molar-refractivity contribution >= 4 is 11.6 Å². The summed E-state index contributed by atoms with van der Waals surface area (Å²) < 4.78 is 13.9. The minimum Gasteiger partial charge on any atom is -0.375 e. The summed E-state index contributed by atoms with van der Waals surface area (Å²) in [7, 11) is 5.59. The van der Waals surface area contributed by atoms with Gasteiger partial charge in [0.1, 0.15) is 5.82 Å². The molecule has 1 aromatic rings. The number of nitrogens with zero attached hydrogens (tertiary/aromatic N) is 2. The van der Waals surface area contributed by atoms with Crippen molar-refractivity contribution in [2.75, 3.05) is 39.1 Å². The monoisotopic (exact) mass is 279 g/mol. The molecular formula is C15H22FN3O. The number of anilines is 1. The molecule has 1 amide bonds. The van der Waals surface area contributed by atoms with Crippen molar-refractivity contribution < 1.29 is 9.18 Å². The van der Waals surface area contributed by atoms with Crippen molar-refractivity contribution in [1.82, 2.24) is 10.2 Å². The Kier molecular flexibility index (Phi) is 4.60. The predicted molar refractivity (Wildman–Crippen MR) is 78.7 cm³/mol. The molecule has 0 bridgehead atoms. The van der Waals surface area contributed by atoms with Gasteiger partial charge in [0, 0.05) is 32.2 Å². The Hall–Kier alpha value is -1.62. The molecule has 2 rings (SSSR count). The van der Waals surface area contributed by atoms with E-state index < -0.39 is 0 Å². The van der Waals surface area contributed by atoms with Gasteiger partial charge in [0.15, 0.2) is 0 Å². The quantitative estimate of drug-likeness (QED) is 0.915. The number of carbonyl (C=O) groups is 1. The van der Waals surface area contributed by atoms with E-state index in [0.29, 0.717) is 11.3 Å². The van der Waals surface area contributed by atoms with Crippen LogP contribution in [0.1, 0.15) is 23.2 Å². The fraction of sp³-hybridized carbons (Fsp3) is 0.533. The van der Waals surface area contributed by atoms with E-state index in [4.69, 9.17) is 0 Å². The summed E-state index contributed by atoms with van der Waals surface area (Å²) in [5.41, 5.74) is 0.861. The summed E-state index contributed by atoms with van der Waals surface area (Å²) in [4.78, 5) is 16.0. The number of amides is 1. The summed E-state index contributed by atoms with van der Waals surface area (Å²) in [6.07, 6.45) is 2.06. The maximum atomic E-state index is 13.9. The van der Waals surface area contributed by atoms with Gasteiger partial charge in [-0.25, -0.2) is 4.39 Å². The van der Waals surface area contributed by atoms with Crippen LogP contribution in [0.25, 0.3) is 0 Å². The second-order valence-corrected chi connectivity index (χ2v) is 5.64. The summed E-state index contributed by atoms with van der Waals surface area (Å²) >= 11 is 0. The Bertz CT molecular complexity index is 490. The van der Waals surface area contributed by atoms with Gasteiger partial charge < -0.3 is 15.1 Å². The highest BCUT2D eigenvalue weighted by atomic mass is 19.1. The Morgan fingerprint density at radius 1 is 1.45 bits per heavy atom. The number of nitrogens with one attached hydrogen (secondary N) is 1. The molecule has 1 N–H and O–H groups in total. The van der Waals surface area contributed by atoms with Crippen molar-refractivity contribution in [3.05, 3.63) is 29.6 Å². The zero-order valence-electron chi connectivity index (χ0n) is 12.3. The first kappa shape index (κ1) is 14.8. The number of likely N-dealkylation sites (tertiary alicyclic amines) is 1. The lowest BCUT2D eigenvalue weighted by Gasteiger charge is -2.30. The molecule has 110 valence electrons. The van der Waals surface area contributed by atoms with Crippen LogP contribution in [0.5, 0.6) is 0 Å². The number of benzene rings is 1. The van der Waals surface area contributed by atoms with Crippen molar-refractivity contribution in [2.24, 2.45) is 0 Å². The third-order valence-electron chi connectivity index (χ3n) is 3.65. The minimum atomic E-state index is -0.372. The fourth-order valence-corrected chi connectivity index (χ4v) is 2.56. The molecule has 0 saturated carbocycles. The SMILES string of the molecule is CN1CCC[C@H](NC(=O)c2ccc(N(C)C)c(F)c2)C1. The first-order valence-electron chi connectivity index (χ1n) is 6.93. The molecule has 20 heavy (non-hydrogen) atoms. The van der Waals surface area contributed by atoms with Gasteiger partial charge in [0.25, 0.3) is 5.91 Å². The largest absolute Gasteiger partial charge is 0.375 e. The molecule has 1 aromatic carbocycles. The average molecular weight is 279 g/mol. The summed E-state index contributed by atoms with van der Waals surface area (Å²) in [5.74, 6) is -0.571. The maximum Gasteiger partial charge on any atom is 0.251 e. The summed E-state index contributed by atoms with van der Waals surface area (Å²) in [5, 5.41) is 2.98. The number of hydrogen-bond acceptors (Lipinski definition) is 3. The van der Waals surface area contributed by atoms with Gasteiger partial charge in [-0.05, 0) is 44.6 Å². The lowest BCUT2D eigenvalue weighted by atomic mass is 10.1. The molecule has 1 aliphatic rings. The number of likely N-dealkylation sites (N-methyl/N-ethyl adjacent to an activating group) is 1. The highest BCUT2D eigenvalue weighted by Gasteiger charge is 2.20. The van der Waals surface area contributed by atoms with Crippen LogP contribution in [0.4, 0.5) is 10.1 Å². The van der Waals surface area contributed by atoms with Crippen LogP contribution in [0.15, 0.2) is 18.2 Å². The maximum absolute atomic E-state index is 13.9. The van der Waals surface area contributed by atoms with Crippen LogP contribution in [-0.2, 0) is 0 Å². The third-order valence-corrected chi connectivity index (χ3v) is 3.65. The van der Waals surface area contributed by atoms with Crippen LogP contribution in [0.2, 0.25) is 0 Å². The zero-order chi connectivity index (χ0) is 14.7. The second-order valence-electron chi connectivity index (χ2n) is 5.64. The highest BCUT2D eigenvalue weighted by molar-refractivity contribution is 5.94. The van der Waals surface area contributed by atoms with Gasteiger partial charge >= 0.3 is 0 Å². The topological polar surface area (TPSA) is 35.6 Å². The Balaban J connectivity index is 2.04. The van der Waals surface area contributed by atoms with Crippen LogP contribution in [0, 0.1) is 5.82 Å². The second kappa shape index (κ2) is 6.22. The molecule has 4 nitrogen and oxygen atoms in total. The Morgan fingerprint density at radius 3 is 2.80 bits per heavy atom. The van der Waals surface area contributed by atoms with Gasteiger partial charge in [-0.2, -0.15) is 0 Å². The lowest BCUT2D eigenvalue weighted by Crippen LogP contribution is -2.46. The molecular weight excluding hydrogens is 257 g/mol. The van der Waals surface area contributed by atoms with Gasteiger partial charge in [-0.15, -0.1) is 0 Å². The first-order chi connectivity index (χ1) is 9.47. The molecule has 0 aromatic heterocycles. The normalized spacial score (nSPS) is 19.7. The molecule has 1 aliphatic heterocycles. The number of piperidine rings is 1. The van der Waals surface area contributed by atoms with E-state index in [1.54, 1.807) is 31.1 Å². The van der Waals surface area contributed by atoms with Crippen LogP contribution in [-0.4, -0.2) is 51.1 Å². The zero-order valence-corrected chi connectivity index (χ0v) is 12.3. The van der Waals surface area contributed by atoms with Gasteiger partial charge in [-0.3, -0.25) is 4.79 Å². The molecule has 1 fully saturated rings. The van der Waals surface area contributed by atoms with E-state index in [2.05, 4.69) is 10.2 Å². The third kappa shape index (κ3) is 3.48. The molecule has 1 heterocycles. The van der Waals surface area contributed by atoms with E-state index in [1.807, 2.05) is 7.05 Å². The van der Waals surface area contributed by atoms with Crippen molar-refractivity contribution in [3.63, 3.8) is 0 Å². The van der Waals surface area contributed by atoms with E-state index in [9.17, 15) is 9.18 Å². The summed E-state index contributed by atoms with van der Waals surface area (Å²) in [6.45, 7) is 1.92. The predicted octanol–water partition coefficient (Wildman–Crippen LogP) is 1.72. The number of carbonyl (C=O) groups excluding carboxylic acids is 1. The van der Waals surface area contributed by atoms with Gasteiger partial charge in [-0.1, -0.05) is 0 Å². The molecule has 0 radical (unpaired) electrons. The molecule has 0 aliphatic carbocycles. The average Bonchev–Trinajstić information content (AvgIpc) is 2.38. The van der Waals surface area contributed by atoms with Crippen molar-refractivity contribution in [3.8, 4) is 0 Å². The molecule has 5 heteroatoms. The van der Waals surface area contributed by atoms with E-state index >= 15 is 0 Å². The smallest absolute Gasteiger partial charge is 0.251 e. The van der Waals surface area contributed by atoms with Gasteiger partial charge in [0.2, 0.25) is 0 Å². The summed E-state index contributed by atoms with van der Waals surface area (Å²) in [6, 6.07) is 4.76. The molecule has 1 atom stereocenters. The minimum absolute atomic E-state index is 0.151. The Morgan fingerprint density at radius 2 is 2.20 bits per heavy atom. The number of rotatable bonds is 3. The van der Waals surface area contributed by atoms with Crippen molar-refractivity contribution in [2.45, 2.75) is 18.9 Å². The standard InChI is InChI=1S/C15H22FN3O/c1-18(2)14-7-6-11(9-13(14)16)15(20)17-12-5-4-8-19(3)10-12/h6-7,9,12H,4-5,8,10H2,1-3H3,(H,17,20)/t12-/m0/s1. The van der Waals surface area contributed by atoms with E-state index in [0.717, 1.165) is 25.9 Å². The van der Waals surface area contributed by atoms with Crippen LogP contribution in [0.3, 0.4) is 0 Å². The molecule has 0 unspecified atom stereocenters. The van der Waals surface area contributed by atoms with Crippen molar-refractivity contribution in [1.29, 1.82) is 0 Å². The number of halogens is 1. The number of hydrogen-bond donors (Lipinski definition) is 1. The first-order valence-corrected chi connectivity index (χ1v) is 6.93. The Labute approximate surface area is 119 Å². The highest BCUT2D eigenvalue weighted by Crippen LogP contribution is 2.18. The van der Waals surface area contributed by atoms with Crippen LogP contribution < -0.4 is 10.2 Å². The lowest BCUT2D eigenvalue weighted by molar-refractivity contribution is 0.0912. The van der Waals surface area contributed by atoms with Gasteiger partial charge in [0.05, 0.1) is 5.69 Å². The molecule has 1 saturated heterocycles. The van der Waals surface area contributed by atoms with Crippen LogP contribution >= 0.6 is 0 Å². The van der Waals surface area contributed by atoms with E-state index in [-0.39, 0.29) is 17.8 Å². The fourth-order valence-electron chi connectivity index (χ4n) is 2.56. The van der Waals surface area contributed by atoms with E-state index in [1.165, 1.54) is 6.07 Å².